The van der Waals surface area contributed by atoms with Crippen molar-refractivity contribution in [3.63, 3.8) is 0 Å². The largest absolute Gasteiger partial charge is 0.361 e. The first-order valence-corrected chi connectivity index (χ1v) is 11.8. The highest BCUT2D eigenvalue weighted by atomic mass is 32.1. The van der Waals surface area contributed by atoms with E-state index in [0.29, 0.717) is 32.7 Å². The van der Waals surface area contributed by atoms with Gasteiger partial charge in [-0.2, -0.15) is 0 Å². The quantitative estimate of drug-likeness (QED) is 0.763. The van der Waals surface area contributed by atoms with Gasteiger partial charge in [-0.3, -0.25) is 9.59 Å². The zero-order chi connectivity index (χ0) is 21.0. The summed E-state index contributed by atoms with van der Waals surface area (Å²) in [5, 5.41) is 5.01. The second kappa shape index (κ2) is 9.31. The average molecular weight is 427 g/mol. The Hall–Kier alpha value is -2.18. The van der Waals surface area contributed by atoms with Crippen molar-refractivity contribution in [2.24, 2.45) is 5.92 Å². The van der Waals surface area contributed by atoms with Crippen LogP contribution in [0, 0.1) is 5.92 Å². The number of amides is 2. The van der Waals surface area contributed by atoms with Gasteiger partial charge in [-0.15, -0.1) is 11.3 Å². The SMILES string of the molecule is CCNC(=O)[C@@]1(Cc2ccc(-c3cccs3)cc2)CN(C(=O)C2CCCC2)CCO1. The lowest BCUT2D eigenvalue weighted by Crippen LogP contribution is -2.62. The predicted molar refractivity (Wildman–Crippen MR) is 119 cm³/mol. The molecule has 1 aliphatic heterocycles. The van der Waals surface area contributed by atoms with E-state index < -0.39 is 5.60 Å². The van der Waals surface area contributed by atoms with Crippen molar-refractivity contribution in [3.8, 4) is 10.4 Å². The molecule has 2 aromatic rings. The molecule has 2 fully saturated rings. The Morgan fingerprint density at radius 2 is 1.97 bits per heavy atom. The van der Waals surface area contributed by atoms with E-state index in [0.717, 1.165) is 31.2 Å². The van der Waals surface area contributed by atoms with Gasteiger partial charge in [0.1, 0.15) is 0 Å². The number of rotatable bonds is 6. The molecule has 0 unspecified atom stereocenters. The molecule has 2 heterocycles. The van der Waals surface area contributed by atoms with Crippen LogP contribution < -0.4 is 5.32 Å². The molecule has 5 nitrogen and oxygen atoms in total. The number of ether oxygens (including phenoxy) is 1. The van der Waals surface area contributed by atoms with Crippen LogP contribution >= 0.6 is 11.3 Å². The van der Waals surface area contributed by atoms with E-state index in [1.165, 1.54) is 10.4 Å². The van der Waals surface area contributed by atoms with Gasteiger partial charge in [0.2, 0.25) is 5.91 Å². The summed E-state index contributed by atoms with van der Waals surface area (Å²) < 4.78 is 6.13. The molecule has 2 aliphatic rings. The molecule has 1 atom stereocenters. The fourth-order valence-corrected chi connectivity index (χ4v) is 5.34. The van der Waals surface area contributed by atoms with Crippen molar-refractivity contribution < 1.29 is 14.3 Å². The summed E-state index contributed by atoms with van der Waals surface area (Å²) >= 11 is 1.71. The fraction of sp³-hybridized carbons (Fsp3) is 0.500. The molecule has 0 spiro atoms. The van der Waals surface area contributed by atoms with Crippen LogP contribution in [-0.4, -0.2) is 48.6 Å². The minimum atomic E-state index is -1.03. The summed E-state index contributed by atoms with van der Waals surface area (Å²) in [7, 11) is 0. The molecule has 4 rings (SSSR count). The number of hydrogen-bond acceptors (Lipinski definition) is 4. The maximum atomic E-state index is 13.1. The Morgan fingerprint density at radius 1 is 1.20 bits per heavy atom. The van der Waals surface area contributed by atoms with Crippen LogP contribution in [0.3, 0.4) is 0 Å². The van der Waals surface area contributed by atoms with Crippen molar-refractivity contribution in [3.05, 3.63) is 47.3 Å². The first kappa shape index (κ1) is 21.1. The van der Waals surface area contributed by atoms with Crippen LogP contribution in [0.15, 0.2) is 41.8 Å². The standard InChI is InChI=1S/C24H30N2O3S/c1-2-25-23(28)24(16-18-9-11-19(12-10-18)21-8-5-15-30-21)17-26(13-14-29-24)22(27)20-6-3-4-7-20/h5,8-12,15,20H,2-4,6-7,13-14,16-17H2,1H3,(H,25,28)/t24-/m1/s1. The topological polar surface area (TPSA) is 58.6 Å². The molecule has 1 saturated heterocycles. The first-order valence-electron chi connectivity index (χ1n) is 11.0. The number of nitrogens with zero attached hydrogens (tertiary/aromatic N) is 1. The van der Waals surface area contributed by atoms with Crippen LogP contribution in [0.5, 0.6) is 0 Å². The molecule has 1 aromatic carbocycles. The minimum Gasteiger partial charge on any atom is -0.361 e. The maximum absolute atomic E-state index is 13.1. The summed E-state index contributed by atoms with van der Waals surface area (Å²) in [4.78, 5) is 29.2. The van der Waals surface area contributed by atoms with E-state index in [9.17, 15) is 9.59 Å². The van der Waals surface area contributed by atoms with Gasteiger partial charge in [0.15, 0.2) is 5.60 Å². The van der Waals surface area contributed by atoms with E-state index in [1.807, 2.05) is 17.9 Å². The summed E-state index contributed by atoms with van der Waals surface area (Å²) in [6.45, 7) is 3.72. The van der Waals surface area contributed by atoms with Gasteiger partial charge in [0, 0.05) is 30.3 Å². The molecule has 2 amide bonds. The van der Waals surface area contributed by atoms with Gasteiger partial charge >= 0.3 is 0 Å². The fourth-order valence-electron chi connectivity index (χ4n) is 4.61. The summed E-state index contributed by atoms with van der Waals surface area (Å²) in [6.07, 6.45) is 4.64. The predicted octanol–water partition coefficient (Wildman–Crippen LogP) is 3.88. The monoisotopic (exact) mass is 426 g/mol. The van der Waals surface area contributed by atoms with Crippen LogP contribution in [0.25, 0.3) is 10.4 Å². The Labute approximate surface area is 182 Å². The molecule has 1 aliphatic carbocycles. The van der Waals surface area contributed by atoms with Crippen molar-refractivity contribution in [1.29, 1.82) is 0 Å². The summed E-state index contributed by atoms with van der Waals surface area (Å²) in [5.74, 6) is 0.175. The van der Waals surface area contributed by atoms with Gasteiger partial charge in [0.25, 0.3) is 5.91 Å². The van der Waals surface area contributed by atoms with Crippen LogP contribution in [0.1, 0.15) is 38.2 Å². The molecule has 1 saturated carbocycles. The summed E-state index contributed by atoms with van der Waals surface area (Å²) in [6, 6.07) is 12.5. The Balaban J connectivity index is 1.54. The molecule has 1 N–H and O–H groups in total. The summed E-state index contributed by atoms with van der Waals surface area (Å²) in [5.41, 5.74) is 1.17. The minimum absolute atomic E-state index is 0.111. The Bertz CT molecular complexity index is 859. The average Bonchev–Trinajstić information content (AvgIpc) is 3.48. The highest BCUT2D eigenvalue weighted by Crippen LogP contribution is 2.31. The van der Waals surface area contributed by atoms with Gasteiger partial charge in [-0.25, -0.2) is 0 Å². The zero-order valence-corrected chi connectivity index (χ0v) is 18.4. The first-order chi connectivity index (χ1) is 14.6. The number of morpholine rings is 1. The number of carbonyl (C=O) groups excluding carboxylic acids is 2. The maximum Gasteiger partial charge on any atom is 0.254 e. The van der Waals surface area contributed by atoms with Gasteiger partial charge < -0.3 is 15.0 Å². The third-order valence-corrected chi connectivity index (χ3v) is 7.12. The lowest BCUT2D eigenvalue weighted by atomic mass is 9.90. The van der Waals surface area contributed by atoms with Gasteiger partial charge in [-0.05, 0) is 42.3 Å². The molecule has 1 aromatic heterocycles. The Morgan fingerprint density at radius 3 is 2.63 bits per heavy atom. The van der Waals surface area contributed by atoms with E-state index in [-0.39, 0.29) is 17.7 Å². The van der Waals surface area contributed by atoms with E-state index >= 15 is 0 Å². The van der Waals surface area contributed by atoms with Crippen molar-refractivity contribution in [2.75, 3.05) is 26.2 Å². The number of thiophene rings is 1. The second-order valence-corrected chi connectivity index (χ2v) is 9.24. The van der Waals surface area contributed by atoms with E-state index in [1.54, 1.807) is 11.3 Å². The van der Waals surface area contributed by atoms with Crippen molar-refractivity contribution >= 4 is 23.2 Å². The number of benzene rings is 1. The zero-order valence-electron chi connectivity index (χ0n) is 17.6. The van der Waals surface area contributed by atoms with Crippen molar-refractivity contribution in [1.82, 2.24) is 10.2 Å². The molecular weight excluding hydrogens is 396 g/mol. The number of nitrogens with one attached hydrogen (secondary N) is 1. The van der Waals surface area contributed by atoms with Gasteiger partial charge in [0.05, 0.1) is 13.2 Å². The van der Waals surface area contributed by atoms with Crippen molar-refractivity contribution in [2.45, 2.75) is 44.6 Å². The Kier molecular flexibility index (Phi) is 6.54. The molecule has 0 bridgehead atoms. The van der Waals surface area contributed by atoms with Gasteiger partial charge in [-0.1, -0.05) is 43.2 Å². The molecular formula is C24H30N2O3S. The highest BCUT2D eigenvalue weighted by molar-refractivity contribution is 7.13. The van der Waals surface area contributed by atoms with Crippen LogP contribution in [0.2, 0.25) is 0 Å². The number of carbonyl (C=O) groups is 2. The van der Waals surface area contributed by atoms with Crippen LogP contribution in [0.4, 0.5) is 0 Å². The lowest BCUT2D eigenvalue weighted by Gasteiger charge is -2.42. The highest BCUT2D eigenvalue weighted by Gasteiger charge is 2.45. The molecule has 30 heavy (non-hydrogen) atoms. The smallest absolute Gasteiger partial charge is 0.254 e. The van der Waals surface area contributed by atoms with Crippen LogP contribution in [-0.2, 0) is 20.7 Å². The normalized spacial score (nSPS) is 22.2. The number of hydrogen-bond donors (Lipinski definition) is 1. The van der Waals surface area contributed by atoms with E-state index in [2.05, 4.69) is 41.0 Å². The third kappa shape index (κ3) is 4.44. The molecule has 0 radical (unpaired) electrons. The lowest BCUT2D eigenvalue weighted by molar-refractivity contribution is -0.167. The third-order valence-electron chi connectivity index (χ3n) is 6.20. The second-order valence-electron chi connectivity index (χ2n) is 8.29. The van der Waals surface area contributed by atoms with E-state index in [4.69, 9.17) is 4.74 Å². The molecule has 160 valence electrons. The number of likely N-dealkylation sites (N-methyl/N-ethyl adjacent to an activating group) is 1. The molecule has 6 heteroatoms.